The largest absolute Gasteiger partial charge is 0.353 e. The molecule has 0 saturated carbocycles. The average molecular weight is 241 g/mol. The fourth-order valence-electron chi connectivity index (χ4n) is 2.16. The van der Waals surface area contributed by atoms with Crippen molar-refractivity contribution in [2.24, 2.45) is 5.73 Å². The highest BCUT2D eigenvalue weighted by atomic mass is 16.2. The number of carbonyl (C=O) groups excluding carboxylic acids is 2. The number of hydrogen-bond acceptors (Lipinski definition) is 3. The molecule has 17 heavy (non-hydrogen) atoms. The van der Waals surface area contributed by atoms with E-state index in [4.69, 9.17) is 5.73 Å². The highest BCUT2D eigenvalue weighted by Crippen LogP contribution is 2.12. The van der Waals surface area contributed by atoms with E-state index in [0.717, 1.165) is 19.3 Å². The second kappa shape index (κ2) is 7.27. The molecule has 0 aliphatic carbocycles. The minimum absolute atomic E-state index is 0.0194. The van der Waals surface area contributed by atoms with Crippen molar-refractivity contribution < 1.29 is 9.59 Å². The van der Waals surface area contributed by atoms with E-state index < -0.39 is 0 Å². The molecule has 1 aliphatic rings. The second-order valence-corrected chi connectivity index (χ2v) is 4.40. The lowest BCUT2D eigenvalue weighted by molar-refractivity contribution is -0.143. The van der Waals surface area contributed by atoms with Crippen LogP contribution in [0, 0.1) is 0 Å². The minimum atomic E-state index is -0.272. The van der Waals surface area contributed by atoms with Crippen molar-refractivity contribution in [3.05, 3.63) is 0 Å². The Morgan fingerprint density at radius 1 is 1.47 bits per heavy atom. The average Bonchev–Trinajstić information content (AvgIpc) is 2.34. The molecule has 0 bridgehead atoms. The fourth-order valence-corrected chi connectivity index (χ4v) is 2.16. The van der Waals surface area contributed by atoms with Crippen molar-refractivity contribution in [3.8, 4) is 0 Å². The molecule has 3 N–H and O–H groups in total. The van der Waals surface area contributed by atoms with Gasteiger partial charge in [-0.2, -0.15) is 0 Å². The molecule has 5 nitrogen and oxygen atoms in total. The van der Waals surface area contributed by atoms with Gasteiger partial charge in [0.15, 0.2) is 0 Å². The van der Waals surface area contributed by atoms with Gasteiger partial charge in [0.2, 0.25) is 11.8 Å². The Hall–Kier alpha value is -1.10. The first kappa shape index (κ1) is 14.0. The molecule has 1 atom stereocenters. The van der Waals surface area contributed by atoms with Crippen molar-refractivity contribution in [2.45, 2.75) is 45.1 Å². The van der Waals surface area contributed by atoms with Gasteiger partial charge in [-0.1, -0.05) is 13.3 Å². The van der Waals surface area contributed by atoms with E-state index in [0.29, 0.717) is 32.5 Å². The van der Waals surface area contributed by atoms with Crippen molar-refractivity contribution >= 4 is 11.8 Å². The first-order valence-corrected chi connectivity index (χ1v) is 6.48. The zero-order chi connectivity index (χ0) is 12.7. The van der Waals surface area contributed by atoms with Gasteiger partial charge in [0, 0.05) is 19.5 Å². The smallest absolute Gasteiger partial charge is 0.242 e. The maximum absolute atomic E-state index is 12.0. The lowest BCUT2D eigenvalue weighted by atomic mass is 10.1. The van der Waals surface area contributed by atoms with E-state index in [1.165, 1.54) is 0 Å². The van der Waals surface area contributed by atoms with Crippen molar-refractivity contribution in [2.75, 3.05) is 19.6 Å². The Morgan fingerprint density at radius 2 is 2.24 bits per heavy atom. The van der Waals surface area contributed by atoms with Crippen LogP contribution in [0.5, 0.6) is 0 Å². The third-order valence-electron chi connectivity index (χ3n) is 3.13. The van der Waals surface area contributed by atoms with Gasteiger partial charge in [-0.05, 0) is 25.8 Å². The molecule has 1 aliphatic heterocycles. The summed E-state index contributed by atoms with van der Waals surface area (Å²) in [4.78, 5) is 25.3. The molecule has 1 rings (SSSR count). The van der Waals surface area contributed by atoms with Crippen LogP contribution in [0.15, 0.2) is 0 Å². The molecular weight excluding hydrogens is 218 g/mol. The molecule has 1 unspecified atom stereocenters. The molecule has 1 saturated heterocycles. The molecule has 0 aromatic carbocycles. The fraction of sp³-hybridized carbons (Fsp3) is 0.833. The Labute approximate surface area is 103 Å². The summed E-state index contributed by atoms with van der Waals surface area (Å²) < 4.78 is 0. The lowest BCUT2D eigenvalue weighted by Crippen LogP contribution is -2.56. The molecule has 0 aromatic rings. The molecule has 1 heterocycles. The van der Waals surface area contributed by atoms with Gasteiger partial charge >= 0.3 is 0 Å². The van der Waals surface area contributed by atoms with Crippen LogP contribution in [-0.2, 0) is 9.59 Å². The van der Waals surface area contributed by atoms with Gasteiger partial charge in [0.05, 0.1) is 0 Å². The number of nitrogens with two attached hydrogens (primary N) is 1. The number of nitrogens with zero attached hydrogens (tertiary/aromatic N) is 1. The number of unbranched alkanes of at least 4 members (excludes halogenated alkanes) is 2. The Kier molecular flexibility index (Phi) is 5.97. The summed E-state index contributed by atoms with van der Waals surface area (Å²) >= 11 is 0. The van der Waals surface area contributed by atoms with Crippen LogP contribution in [0.2, 0.25) is 0 Å². The van der Waals surface area contributed by atoms with Gasteiger partial charge in [-0.25, -0.2) is 0 Å². The third kappa shape index (κ3) is 4.00. The predicted molar refractivity (Wildman–Crippen MR) is 66.3 cm³/mol. The third-order valence-corrected chi connectivity index (χ3v) is 3.13. The zero-order valence-electron chi connectivity index (χ0n) is 10.6. The molecule has 2 amide bonds. The summed E-state index contributed by atoms with van der Waals surface area (Å²) in [6.45, 7) is 3.83. The van der Waals surface area contributed by atoms with Crippen LogP contribution in [0.25, 0.3) is 0 Å². The number of hydrogen-bond donors (Lipinski definition) is 2. The topological polar surface area (TPSA) is 75.4 Å². The van der Waals surface area contributed by atoms with Gasteiger partial charge in [-0.15, -0.1) is 0 Å². The number of nitrogens with one attached hydrogen (secondary N) is 1. The molecule has 0 spiro atoms. The molecule has 0 aromatic heterocycles. The highest BCUT2D eigenvalue weighted by molar-refractivity contribution is 5.88. The van der Waals surface area contributed by atoms with Gasteiger partial charge in [-0.3, -0.25) is 9.59 Å². The summed E-state index contributed by atoms with van der Waals surface area (Å²) in [7, 11) is 0. The number of carbonyl (C=O) groups is 2. The monoisotopic (exact) mass is 241 g/mol. The lowest BCUT2D eigenvalue weighted by Gasteiger charge is -2.34. The van der Waals surface area contributed by atoms with E-state index in [-0.39, 0.29) is 17.9 Å². The zero-order valence-corrected chi connectivity index (χ0v) is 10.6. The predicted octanol–water partition coefficient (Wildman–Crippen LogP) is 0.243. The Bertz CT molecular complexity index is 268. The summed E-state index contributed by atoms with van der Waals surface area (Å²) in [6.07, 6.45) is 4.03. The van der Waals surface area contributed by atoms with Crippen molar-refractivity contribution in [3.63, 3.8) is 0 Å². The molecule has 0 radical (unpaired) electrons. The Balaban J connectivity index is 2.40. The van der Waals surface area contributed by atoms with E-state index in [9.17, 15) is 9.59 Å². The van der Waals surface area contributed by atoms with Crippen LogP contribution in [0.1, 0.15) is 39.0 Å². The maximum Gasteiger partial charge on any atom is 0.242 e. The molecule has 1 fully saturated rings. The van der Waals surface area contributed by atoms with Crippen LogP contribution in [-0.4, -0.2) is 42.4 Å². The quantitative estimate of drug-likeness (QED) is 0.654. The standard InChI is InChI=1S/C12H23N3O2/c1-2-10-12(17)14-8-9-15(10)11(16)6-4-3-5-7-13/h10H,2-9,13H2,1H3,(H,14,17). The van der Waals surface area contributed by atoms with Crippen LogP contribution >= 0.6 is 0 Å². The van der Waals surface area contributed by atoms with Crippen LogP contribution < -0.4 is 11.1 Å². The second-order valence-electron chi connectivity index (χ2n) is 4.40. The normalized spacial score (nSPS) is 20.2. The highest BCUT2D eigenvalue weighted by Gasteiger charge is 2.30. The first-order chi connectivity index (χ1) is 8.20. The van der Waals surface area contributed by atoms with Gasteiger partial charge in [0.25, 0.3) is 0 Å². The van der Waals surface area contributed by atoms with E-state index in [2.05, 4.69) is 5.32 Å². The molecular formula is C12H23N3O2. The van der Waals surface area contributed by atoms with Crippen molar-refractivity contribution in [1.29, 1.82) is 0 Å². The number of amides is 2. The molecule has 98 valence electrons. The van der Waals surface area contributed by atoms with Gasteiger partial charge in [0.1, 0.15) is 6.04 Å². The summed E-state index contributed by atoms with van der Waals surface area (Å²) in [5.74, 6) is 0.0813. The maximum atomic E-state index is 12.0. The number of rotatable bonds is 6. The minimum Gasteiger partial charge on any atom is -0.353 e. The summed E-state index contributed by atoms with van der Waals surface area (Å²) in [5, 5.41) is 2.79. The van der Waals surface area contributed by atoms with Crippen LogP contribution in [0.3, 0.4) is 0 Å². The van der Waals surface area contributed by atoms with E-state index in [1.807, 2.05) is 6.92 Å². The van der Waals surface area contributed by atoms with Crippen LogP contribution in [0.4, 0.5) is 0 Å². The van der Waals surface area contributed by atoms with E-state index in [1.54, 1.807) is 4.90 Å². The Morgan fingerprint density at radius 3 is 2.88 bits per heavy atom. The van der Waals surface area contributed by atoms with E-state index >= 15 is 0 Å². The summed E-state index contributed by atoms with van der Waals surface area (Å²) in [5.41, 5.74) is 5.40. The SMILES string of the molecule is CCC1C(=O)NCCN1C(=O)CCCCCN. The summed E-state index contributed by atoms with van der Waals surface area (Å²) in [6, 6.07) is -0.272. The number of piperazine rings is 1. The first-order valence-electron chi connectivity index (χ1n) is 6.48. The molecule has 5 heteroatoms. The van der Waals surface area contributed by atoms with Gasteiger partial charge < -0.3 is 16.0 Å². The van der Waals surface area contributed by atoms with Crippen molar-refractivity contribution in [1.82, 2.24) is 10.2 Å².